The molecule has 1 fully saturated rings. The summed E-state index contributed by atoms with van der Waals surface area (Å²) in [4.78, 5) is 14.2. The Kier molecular flexibility index (Phi) is 4.90. The number of benzene rings is 1. The first-order valence-electron chi connectivity index (χ1n) is 8.39. The third kappa shape index (κ3) is 3.86. The van der Waals surface area contributed by atoms with E-state index in [0.29, 0.717) is 6.04 Å². The summed E-state index contributed by atoms with van der Waals surface area (Å²) >= 11 is 0. The maximum atomic E-state index is 9.58. The quantitative estimate of drug-likeness (QED) is 0.933. The van der Waals surface area contributed by atoms with Gasteiger partial charge in [-0.1, -0.05) is 18.2 Å². The molecule has 1 aliphatic rings. The van der Waals surface area contributed by atoms with Gasteiger partial charge in [0.2, 0.25) is 0 Å². The van der Waals surface area contributed by atoms with Crippen LogP contribution in [0.1, 0.15) is 25.4 Å². The SMILES string of the molecule is Cc1nc(CN2CCN(C[C@@H](C)O)[C@H](C)C2)nc2ccccc12. The van der Waals surface area contributed by atoms with E-state index in [1.165, 1.54) is 0 Å². The molecule has 1 aliphatic heterocycles. The van der Waals surface area contributed by atoms with Gasteiger partial charge in [0.25, 0.3) is 0 Å². The van der Waals surface area contributed by atoms with Crippen molar-refractivity contribution in [3.05, 3.63) is 35.8 Å². The zero-order valence-corrected chi connectivity index (χ0v) is 14.2. The van der Waals surface area contributed by atoms with Crippen LogP contribution >= 0.6 is 0 Å². The van der Waals surface area contributed by atoms with Crippen LogP contribution in [0, 0.1) is 6.92 Å². The molecule has 0 unspecified atom stereocenters. The highest BCUT2D eigenvalue weighted by atomic mass is 16.3. The van der Waals surface area contributed by atoms with Crippen molar-refractivity contribution in [1.29, 1.82) is 0 Å². The fraction of sp³-hybridized carbons (Fsp3) is 0.556. The minimum absolute atomic E-state index is 0.268. The average Bonchev–Trinajstić information content (AvgIpc) is 2.50. The van der Waals surface area contributed by atoms with Crippen LogP contribution in [0.3, 0.4) is 0 Å². The maximum Gasteiger partial charge on any atom is 0.143 e. The van der Waals surface area contributed by atoms with Gasteiger partial charge in [0.1, 0.15) is 5.82 Å². The van der Waals surface area contributed by atoms with E-state index in [1.54, 1.807) is 0 Å². The second-order valence-electron chi connectivity index (χ2n) is 6.67. The van der Waals surface area contributed by atoms with E-state index < -0.39 is 0 Å². The molecule has 0 saturated carbocycles. The van der Waals surface area contributed by atoms with Crippen LogP contribution in [-0.4, -0.2) is 63.2 Å². The summed E-state index contributed by atoms with van der Waals surface area (Å²) in [6.45, 7) is 10.6. The molecule has 1 saturated heterocycles. The molecule has 124 valence electrons. The molecule has 1 aromatic heterocycles. The third-order valence-corrected chi connectivity index (χ3v) is 4.55. The highest BCUT2D eigenvalue weighted by Gasteiger charge is 2.24. The zero-order valence-electron chi connectivity index (χ0n) is 14.2. The normalized spacial score (nSPS) is 21.7. The highest BCUT2D eigenvalue weighted by Crippen LogP contribution is 2.17. The molecule has 2 atom stereocenters. The molecule has 3 rings (SSSR count). The van der Waals surface area contributed by atoms with Gasteiger partial charge in [-0.2, -0.15) is 0 Å². The standard InChI is InChI=1S/C18H26N4O/c1-13-10-21(8-9-22(13)11-14(2)23)12-18-19-15(3)16-6-4-5-7-17(16)20-18/h4-7,13-14,23H,8-12H2,1-3H3/t13-,14-/m1/s1. The summed E-state index contributed by atoms with van der Waals surface area (Å²) in [6, 6.07) is 8.62. The van der Waals surface area contributed by atoms with Crippen molar-refractivity contribution in [2.75, 3.05) is 26.2 Å². The Morgan fingerprint density at radius 3 is 2.78 bits per heavy atom. The van der Waals surface area contributed by atoms with Crippen LogP contribution in [0.5, 0.6) is 0 Å². The van der Waals surface area contributed by atoms with E-state index in [-0.39, 0.29) is 6.10 Å². The summed E-state index contributed by atoms with van der Waals surface area (Å²) in [5, 5.41) is 10.7. The minimum atomic E-state index is -0.268. The lowest BCUT2D eigenvalue weighted by atomic mass is 10.1. The average molecular weight is 314 g/mol. The van der Waals surface area contributed by atoms with Crippen molar-refractivity contribution in [2.24, 2.45) is 0 Å². The van der Waals surface area contributed by atoms with Crippen LogP contribution in [-0.2, 0) is 6.54 Å². The number of para-hydroxylation sites is 1. The van der Waals surface area contributed by atoms with E-state index in [2.05, 4.69) is 40.8 Å². The monoisotopic (exact) mass is 314 g/mol. The molecule has 2 heterocycles. The van der Waals surface area contributed by atoms with Crippen molar-refractivity contribution in [2.45, 2.75) is 39.5 Å². The van der Waals surface area contributed by atoms with Gasteiger partial charge in [-0.25, -0.2) is 9.97 Å². The number of β-amino-alcohol motifs (C(OH)–C–C–N with tert-alkyl or cyclic N) is 1. The van der Waals surface area contributed by atoms with Crippen molar-refractivity contribution >= 4 is 10.9 Å². The number of aryl methyl sites for hydroxylation is 1. The molecule has 0 bridgehead atoms. The van der Waals surface area contributed by atoms with E-state index in [9.17, 15) is 5.11 Å². The molecule has 5 nitrogen and oxygen atoms in total. The Morgan fingerprint density at radius 1 is 1.26 bits per heavy atom. The molecular formula is C18H26N4O. The predicted molar refractivity (Wildman–Crippen MR) is 92.3 cm³/mol. The van der Waals surface area contributed by atoms with Gasteiger partial charge in [0.05, 0.1) is 18.2 Å². The largest absolute Gasteiger partial charge is 0.392 e. The summed E-state index contributed by atoms with van der Waals surface area (Å²) in [5.74, 6) is 0.900. The summed E-state index contributed by atoms with van der Waals surface area (Å²) in [7, 11) is 0. The summed E-state index contributed by atoms with van der Waals surface area (Å²) in [6.07, 6.45) is -0.268. The van der Waals surface area contributed by atoms with E-state index >= 15 is 0 Å². The first-order chi connectivity index (χ1) is 11.0. The molecule has 0 amide bonds. The van der Waals surface area contributed by atoms with E-state index in [1.807, 2.05) is 19.1 Å². The Bertz CT molecular complexity index is 673. The van der Waals surface area contributed by atoms with Crippen LogP contribution in [0.2, 0.25) is 0 Å². The number of hydrogen-bond donors (Lipinski definition) is 1. The van der Waals surface area contributed by atoms with Crippen LogP contribution < -0.4 is 0 Å². The second kappa shape index (κ2) is 6.91. The highest BCUT2D eigenvalue weighted by molar-refractivity contribution is 5.80. The van der Waals surface area contributed by atoms with Crippen molar-refractivity contribution in [3.63, 3.8) is 0 Å². The number of aliphatic hydroxyl groups excluding tert-OH is 1. The lowest BCUT2D eigenvalue weighted by Crippen LogP contribution is -2.53. The second-order valence-corrected chi connectivity index (χ2v) is 6.67. The number of aliphatic hydroxyl groups is 1. The van der Waals surface area contributed by atoms with Crippen molar-refractivity contribution < 1.29 is 5.11 Å². The van der Waals surface area contributed by atoms with Crippen LogP contribution in [0.4, 0.5) is 0 Å². The lowest BCUT2D eigenvalue weighted by Gasteiger charge is -2.40. The van der Waals surface area contributed by atoms with Gasteiger partial charge in [0.15, 0.2) is 0 Å². The molecule has 2 aromatic rings. The van der Waals surface area contributed by atoms with Crippen molar-refractivity contribution in [3.8, 4) is 0 Å². The molecular weight excluding hydrogens is 288 g/mol. The summed E-state index contributed by atoms with van der Waals surface area (Å²) < 4.78 is 0. The number of aromatic nitrogens is 2. The zero-order chi connectivity index (χ0) is 16.4. The Hall–Kier alpha value is -1.56. The Morgan fingerprint density at radius 2 is 2.04 bits per heavy atom. The van der Waals surface area contributed by atoms with Crippen molar-refractivity contribution in [1.82, 2.24) is 19.8 Å². The van der Waals surface area contributed by atoms with E-state index in [4.69, 9.17) is 4.98 Å². The fourth-order valence-electron chi connectivity index (χ4n) is 3.39. The Balaban J connectivity index is 1.69. The van der Waals surface area contributed by atoms with Crippen LogP contribution in [0.15, 0.2) is 24.3 Å². The van der Waals surface area contributed by atoms with Gasteiger partial charge in [-0.05, 0) is 26.8 Å². The fourth-order valence-corrected chi connectivity index (χ4v) is 3.39. The van der Waals surface area contributed by atoms with Crippen LogP contribution in [0.25, 0.3) is 10.9 Å². The Labute approximate surface area is 138 Å². The molecule has 1 aromatic carbocycles. The number of fused-ring (bicyclic) bond motifs is 1. The lowest BCUT2D eigenvalue weighted by molar-refractivity contribution is 0.0414. The third-order valence-electron chi connectivity index (χ3n) is 4.55. The molecule has 0 aliphatic carbocycles. The first kappa shape index (κ1) is 16.3. The summed E-state index contributed by atoms with van der Waals surface area (Å²) in [5.41, 5.74) is 2.07. The molecule has 0 spiro atoms. The van der Waals surface area contributed by atoms with Gasteiger partial charge in [0, 0.05) is 43.3 Å². The van der Waals surface area contributed by atoms with Gasteiger partial charge in [-0.3, -0.25) is 9.80 Å². The first-order valence-corrected chi connectivity index (χ1v) is 8.39. The van der Waals surface area contributed by atoms with E-state index in [0.717, 1.165) is 55.1 Å². The topological polar surface area (TPSA) is 52.5 Å². The van der Waals surface area contributed by atoms with Gasteiger partial charge >= 0.3 is 0 Å². The minimum Gasteiger partial charge on any atom is -0.392 e. The van der Waals surface area contributed by atoms with Gasteiger partial charge in [-0.15, -0.1) is 0 Å². The number of nitrogens with zero attached hydrogens (tertiary/aromatic N) is 4. The maximum absolute atomic E-state index is 9.58. The van der Waals surface area contributed by atoms with Gasteiger partial charge < -0.3 is 5.11 Å². The molecule has 23 heavy (non-hydrogen) atoms. The number of piperazine rings is 1. The predicted octanol–water partition coefficient (Wildman–Crippen LogP) is 1.83. The molecule has 0 radical (unpaired) electrons. The number of hydrogen-bond acceptors (Lipinski definition) is 5. The molecule has 1 N–H and O–H groups in total. The molecule has 5 heteroatoms. The number of rotatable bonds is 4. The smallest absolute Gasteiger partial charge is 0.143 e.